The Morgan fingerprint density at radius 2 is 1.96 bits per heavy atom. The lowest BCUT2D eigenvalue weighted by molar-refractivity contribution is 0.111. The molecule has 1 aliphatic carbocycles. The van der Waals surface area contributed by atoms with E-state index in [1.165, 1.54) is 32.1 Å². The van der Waals surface area contributed by atoms with Gasteiger partial charge in [0.15, 0.2) is 6.29 Å². The van der Waals surface area contributed by atoms with Gasteiger partial charge in [0.05, 0.1) is 6.61 Å². The molecular formula is C20H26N2O2. The second-order valence-corrected chi connectivity index (χ2v) is 6.53. The minimum absolute atomic E-state index is 0.454. The number of imidazole rings is 1. The van der Waals surface area contributed by atoms with Crippen LogP contribution < -0.4 is 4.74 Å². The smallest absolute Gasteiger partial charge is 0.170 e. The molecule has 0 saturated heterocycles. The summed E-state index contributed by atoms with van der Waals surface area (Å²) in [6.07, 6.45) is 11.1. The van der Waals surface area contributed by atoms with Crippen molar-refractivity contribution in [2.75, 3.05) is 6.61 Å². The molecule has 4 nitrogen and oxygen atoms in total. The summed E-state index contributed by atoms with van der Waals surface area (Å²) in [5.41, 5.74) is 1.55. The summed E-state index contributed by atoms with van der Waals surface area (Å²) < 4.78 is 7.93. The van der Waals surface area contributed by atoms with Crippen LogP contribution in [-0.4, -0.2) is 22.4 Å². The van der Waals surface area contributed by atoms with Crippen molar-refractivity contribution in [1.29, 1.82) is 0 Å². The van der Waals surface area contributed by atoms with Crippen LogP contribution in [0.25, 0.3) is 11.4 Å². The summed E-state index contributed by atoms with van der Waals surface area (Å²) in [5.74, 6) is 1.78. The molecule has 1 aromatic carbocycles. The number of carbonyl (C=O) groups is 1. The number of carbonyl (C=O) groups excluding carboxylic acids is 1. The number of unbranched alkanes of at least 4 members (excludes halogenated alkanes) is 1. The monoisotopic (exact) mass is 326 g/mol. The van der Waals surface area contributed by atoms with Gasteiger partial charge in [0.1, 0.15) is 17.3 Å². The van der Waals surface area contributed by atoms with Gasteiger partial charge >= 0.3 is 0 Å². The van der Waals surface area contributed by atoms with Gasteiger partial charge in [0, 0.05) is 17.8 Å². The molecule has 24 heavy (non-hydrogen) atoms. The molecule has 0 spiro atoms. The van der Waals surface area contributed by atoms with Crippen LogP contribution in [0.2, 0.25) is 0 Å². The van der Waals surface area contributed by atoms with Crippen LogP contribution in [0, 0.1) is 0 Å². The number of hydrogen-bond donors (Lipinski definition) is 0. The number of rotatable bonds is 7. The highest BCUT2D eigenvalue weighted by molar-refractivity contribution is 5.73. The molecule has 2 aromatic rings. The molecule has 0 atom stereocenters. The van der Waals surface area contributed by atoms with Crippen molar-refractivity contribution in [1.82, 2.24) is 9.55 Å². The maximum absolute atomic E-state index is 11.2. The van der Waals surface area contributed by atoms with Gasteiger partial charge in [-0.3, -0.25) is 4.79 Å². The molecule has 1 fully saturated rings. The Kier molecular flexibility index (Phi) is 5.68. The quantitative estimate of drug-likeness (QED) is 0.528. The van der Waals surface area contributed by atoms with E-state index in [0.717, 1.165) is 42.9 Å². The lowest BCUT2D eigenvalue weighted by Gasteiger charge is -2.24. The molecule has 1 saturated carbocycles. The average molecular weight is 326 g/mol. The first kappa shape index (κ1) is 16.7. The molecule has 4 heteroatoms. The van der Waals surface area contributed by atoms with Crippen molar-refractivity contribution in [2.45, 2.75) is 57.9 Å². The summed E-state index contributed by atoms with van der Waals surface area (Å²) in [4.78, 5) is 15.7. The lowest BCUT2D eigenvalue weighted by Crippen LogP contribution is -2.13. The third-order valence-electron chi connectivity index (χ3n) is 4.72. The normalized spacial score (nSPS) is 15.4. The van der Waals surface area contributed by atoms with Gasteiger partial charge in [0.2, 0.25) is 0 Å². The van der Waals surface area contributed by atoms with Crippen molar-refractivity contribution in [2.24, 2.45) is 0 Å². The first-order valence-electron chi connectivity index (χ1n) is 9.09. The fourth-order valence-corrected chi connectivity index (χ4v) is 3.36. The van der Waals surface area contributed by atoms with E-state index in [0.29, 0.717) is 11.7 Å². The summed E-state index contributed by atoms with van der Waals surface area (Å²) in [6.45, 7) is 2.91. The number of aromatic nitrogens is 2. The van der Waals surface area contributed by atoms with E-state index < -0.39 is 0 Å². The van der Waals surface area contributed by atoms with Crippen molar-refractivity contribution >= 4 is 6.29 Å². The van der Waals surface area contributed by atoms with E-state index in [2.05, 4.69) is 16.5 Å². The molecule has 0 N–H and O–H groups in total. The molecule has 0 amide bonds. The molecule has 0 bridgehead atoms. The second kappa shape index (κ2) is 8.13. The fourth-order valence-electron chi connectivity index (χ4n) is 3.36. The Hall–Kier alpha value is -2.10. The van der Waals surface area contributed by atoms with Gasteiger partial charge < -0.3 is 9.30 Å². The summed E-state index contributed by atoms with van der Waals surface area (Å²) >= 11 is 0. The first-order valence-corrected chi connectivity index (χ1v) is 9.09. The van der Waals surface area contributed by atoms with Gasteiger partial charge in [-0.05, 0) is 43.5 Å². The Morgan fingerprint density at radius 3 is 2.62 bits per heavy atom. The largest absolute Gasteiger partial charge is 0.494 e. The molecule has 0 radical (unpaired) electrons. The number of ether oxygens (including phenoxy) is 1. The van der Waals surface area contributed by atoms with Crippen LogP contribution in [0.4, 0.5) is 0 Å². The minimum atomic E-state index is 0.454. The van der Waals surface area contributed by atoms with Crippen LogP contribution in [-0.2, 0) is 0 Å². The number of benzene rings is 1. The lowest BCUT2D eigenvalue weighted by atomic mass is 9.95. The SMILES string of the molecule is CCCCOc1ccc(-c2nc(C=O)cn2C2CCCCC2)cc1. The average Bonchev–Trinajstić information content (AvgIpc) is 3.08. The van der Waals surface area contributed by atoms with Crippen LogP contribution in [0.5, 0.6) is 5.75 Å². The van der Waals surface area contributed by atoms with Crippen LogP contribution in [0.3, 0.4) is 0 Å². The van der Waals surface area contributed by atoms with Gasteiger partial charge in [-0.25, -0.2) is 4.98 Å². The highest BCUT2D eigenvalue weighted by Crippen LogP contribution is 2.32. The maximum atomic E-state index is 11.2. The molecule has 128 valence electrons. The van der Waals surface area contributed by atoms with Gasteiger partial charge in [-0.15, -0.1) is 0 Å². The van der Waals surface area contributed by atoms with E-state index >= 15 is 0 Å². The third-order valence-corrected chi connectivity index (χ3v) is 4.72. The number of nitrogens with zero attached hydrogens (tertiary/aromatic N) is 2. The highest BCUT2D eigenvalue weighted by Gasteiger charge is 2.20. The van der Waals surface area contributed by atoms with E-state index in [4.69, 9.17) is 4.74 Å². The Bertz CT molecular complexity index is 655. The molecule has 1 aromatic heterocycles. The maximum Gasteiger partial charge on any atom is 0.170 e. The fraction of sp³-hybridized carbons (Fsp3) is 0.500. The summed E-state index contributed by atoms with van der Waals surface area (Å²) in [6, 6.07) is 8.52. The number of aldehydes is 1. The molecule has 0 aliphatic heterocycles. The zero-order valence-corrected chi connectivity index (χ0v) is 14.4. The summed E-state index contributed by atoms with van der Waals surface area (Å²) in [5, 5.41) is 0. The zero-order valence-electron chi connectivity index (χ0n) is 14.4. The number of hydrogen-bond acceptors (Lipinski definition) is 3. The third kappa shape index (κ3) is 3.86. The summed E-state index contributed by atoms with van der Waals surface area (Å²) in [7, 11) is 0. The molecular weight excluding hydrogens is 300 g/mol. The molecule has 3 rings (SSSR count). The van der Waals surface area contributed by atoms with Crippen LogP contribution in [0.15, 0.2) is 30.5 Å². The van der Waals surface area contributed by atoms with Crippen LogP contribution in [0.1, 0.15) is 68.4 Å². The van der Waals surface area contributed by atoms with Gasteiger partial charge in [-0.1, -0.05) is 32.6 Å². The van der Waals surface area contributed by atoms with Crippen molar-refractivity contribution in [3.63, 3.8) is 0 Å². The van der Waals surface area contributed by atoms with E-state index in [1.807, 2.05) is 30.5 Å². The highest BCUT2D eigenvalue weighted by atomic mass is 16.5. The predicted molar refractivity (Wildman–Crippen MR) is 95.6 cm³/mol. The van der Waals surface area contributed by atoms with Gasteiger partial charge in [0.25, 0.3) is 0 Å². The second-order valence-electron chi connectivity index (χ2n) is 6.53. The van der Waals surface area contributed by atoms with Crippen molar-refractivity contribution in [3.05, 3.63) is 36.2 Å². The first-order chi connectivity index (χ1) is 11.8. The molecule has 0 unspecified atom stereocenters. The Morgan fingerprint density at radius 1 is 1.21 bits per heavy atom. The molecule has 1 aliphatic rings. The topological polar surface area (TPSA) is 44.1 Å². The molecule has 1 heterocycles. The van der Waals surface area contributed by atoms with E-state index in [-0.39, 0.29) is 0 Å². The van der Waals surface area contributed by atoms with E-state index in [9.17, 15) is 4.79 Å². The van der Waals surface area contributed by atoms with Crippen molar-refractivity contribution < 1.29 is 9.53 Å². The predicted octanol–water partition coefficient (Wildman–Crippen LogP) is 5.05. The van der Waals surface area contributed by atoms with Crippen molar-refractivity contribution in [3.8, 4) is 17.1 Å². The zero-order chi connectivity index (χ0) is 16.8. The Labute approximate surface area is 143 Å². The minimum Gasteiger partial charge on any atom is -0.494 e. The Balaban J connectivity index is 1.82. The standard InChI is InChI=1S/C20H26N2O2/c1-2-3-13-24-19-11-9-16(10-12-19)20-21-17(15-23)14-22(20)18-7-5-4-6-8-18/h9-12,14-15,18H,2-8,13H2,1H3. The van der Waals surface area contributed by atoms with Gasteiger partial charge in [-0.2, -0.15) is 0 Å². The van der Waals surface area contributed by atoms with Crippen LogP contribution >= 0.6 is 0 Å². The van der Waals surface area contributed by atoms with E-state index in [1.54, 1.807) is 0 Å².